The lowest BCUT2D eigenvalue weighted by molar-refractivity contribution is 0.288. The van der Waals surface area contributed by atoms with Crippen LogP contribution in [0.4, 0.5) is 0 Å². The number of hydrogen-bond donors (Lipinski definition) is 1. The summed E-state index contributed by atoms with van der Waals surface area (Å²) in [5, 5.41) is 3.70. The molecule has 0 heterocycles. The summed E-state index contributed by atoms with van der Waals surface area (Å²) < 4.78 is 5.32. The van der Waals surface area contributed by atoms with Gasteiger partial charge in [-0.2, -0.15) is 0 Å². The van der Waals surface area contributed by atoms with Crippen LogP contribution in [0.5, 0.6) is 5.75 Å². The van der Waals surface area contributed by atoms with E-state index < -0.39 is 0 Å². The van der Waals surface area contributed by atoms with E-state index >= 15 is 0 Å². The van der Waals surface area contributed by atoms with E-state index in [1.54, 1.807) is 7.11 Å². The summed E-state index contributed by atoms with van der Waals surface area (Å²) in [5.74, 6) is 0.973. The molecule has 2 atom stereocenters. The van der Waals surface area contributed by atoms with Crippen LogP contribution in [0.15, 0.2) is 18.2 Å². The Labute approximate surface area is 116 Å². The van der Waals surface area contributed by atoms with E-state index in [0.29, 0.717) is 12.1 Å². The van der Waals surface area contributed by atoms with E-state index in [2.05, 4.69) is 49.4 Å². The number of benzene rings is 1. The van der Waals surface area contributed by atoms with Gasteiger partial charge in [-0.15, -0.1) is 0 Å². The van der Waals surface area contributed by atoms with Crippen LogP contribution in [0, 0.1) is 0 Å². The van der Waals surface area contributed by atoms with Crippen LogP contribution in [0.3, 0.4) is 0 Å². The normalized spacial score (nSPS) is 20.2. The molecule has 0 amide bonds. The monoisotopic (exact) mass is 262 g/mol. The lowest BCUT2D eigenvalue weighted by atomic mass is 9.88. The van der Waals surface area contributed by atoms with Crippen LogP contribution in [-0.2, 0) is 12.8 Å². The number of ether oxygens (including phenoxy) is 1. The minimum absolute atomic E-state index is 0.576. The van der Waals surface area contributed by atoms with Gasteiger partial charge in [0.1, 0.15) is 5.75 Å². The van der Waals surface area contributed by atoms with Crippen LogP contribution in [0.25, 0.3) is 0 Å². The Morgan fingerprint density at radius 3 is 2.84 bits per heavy atom. The van der Waals surface area contributed by atoms with Crippen LogP contribution < -0.4 is 10.1 Å². The van der Waals surface area contributed by atoms with E-state index in [1.807, 2.05) is 0 Å². The maximum atomic E-state index is 5.32. The zero-order chi connectivity index (χ0) is 13.8. The van der Waals surface area contributed by atoms with Crippen LogP contribution in [0.1, 0.15) is 24.5 Å². The molecule has 0 aliphatic heterocycles. The first-order valence-electron chi connectivity index (χ1n) is 7.15. The Morgan fingerprint density at radius 1 is 1.37 bits per heavy atom. The number of likely N-dealkylation sites (N-methyl/N-ethyl adjacent to an activating group) is 1. The molecule has 0 aromatic heterocycles. The first-order chi connectivity index (χ1) is 9.10. The van der Waals surface area contributed by atoms with E-state index in [-0.39, 0.29) is 0 Å². The molecule has 2 rings (SSSR count). The molecule has 0 fully saturated rings. The first-order valence-corrected chi connectivity index (χ1v) is 7.15. The second-order valence-corrected chi connectivity index (χ2v) is 5.80. The largest absolute Gasteiger partial charge is 0.497 e. The van der Waals surface area contributed by atoms with Gasteiger partial charge in [-0.1, -0.05) is 6.07 Å². The maximum Gasteiger partial charge on any atom is 0.119 e. The molecule has 0 spiro atoms. The molecule has 1 aromatic carbocycles. The van der Waals surface area contributed by atoms with Crippen molar-refractivity contribution in [3.8, 4) is 5.75 Å². The third-order valence-corrected chi connectivity index (χ3v) is 4.23. The van der Waals surface area contributed by atoms with Gasteiger partial charge in [-0.3, -0.25) is 0 Å². The SMILES string of the molecule is COc1ccc2c(c1)CC(NCC(C)N(C)C)CC2. The number of fused-ring (bicyclic) bond motifs is 1. The fraction of sp³-hybridized carbons (Fsp3) is 0.625. The number of methoxy groups -OCH3 is 1. The van der Waals surface area contributed by atoms with Crippen molar-refractivity contribution >= 4 is 0 Å². The van der Waals surface area contributed by atoms with Crippen LogP contribution >= 0.6 is 0 Å². The van der Waals surface area contributed by atoms with Crippen molar-refractivity contribution in [3.05, 3.63) is 29.3 Å². The summed E-state index contributed by atoms with van der Waals surface area (Å²) in [5.41, 5.74) is 2.93. The third kappa shape index (κ3) is 3.71. The molecule has 1 aromatic rings. The molecule has 2 unspecified atom stereocenters. The minimum Gasteiger partial charge on any atom is -0.497 e. The molecule has 1 aliphatic carbocycles. The van der Waals surface area contributed by atoms with E-state index in [1.165, 1.54) is 24.0 Å². The Balaban J connectivity index is 1.93. The molecular weight excluding hydrogens is 236 g/mol. The number of hydrogen-bond acceptors (Lipinski definition) is 3. The molecule has 0 radical (unpaired) electrons. The molecule has 3 heteroatoms. The van der Waals surface area contributed by atoms with E-state index in [9.17, 15) is 0 Å². The topological polar surface area (TPSA) is 24.5 Å². The Hall–Kier alpha value is -1.06. The highest BCUT2D eigenvalue weighted by molar-refractivity contribution is 5.37. The highest BCUT2D eigenvalue weighted by Crippen LogP contribution is 2.25. The van der Waals surface area contributed by atoms with E-state index in [0.717, 1.165) is 18.7 Å². The third-order valence-electron chi connectivity index (χ3n) is 4.23. The number of rotatable bonds is 5. The van der Waals surface area contributed by atoms with Gasteiger partial charge < -0.3 is 15.0 Å². The Kier molecular flexibility index (Phi) is 4.83. The van der Waals surface area contributed by atoms with Crippen molar-refractivity contribution in [3.63, 3.8) is 0 Å². The second-order valence-electron chi connectivity index (χ2n) is 5.80. The van der Waals surface area contributed by atoms with Crippen molar-refractivity contribution in [2.24, 2.45) is 0 Å². The van der Waals surface area contributed by atoms with Crippen molar-refractivity contribution in [1.29, 1.82) is 0 Å². The number of nitrogens with one attached hydrogen (secondary N) is 1. The average Bonchev–Trinajstić information content (AvgIpc) is 2.43. The van der Waals surface area contributed by atoms with Gasteiger partial charge in [0, 0.05) is 18.6 Å². The Morgan fingerprint density at radius 2 is 2.16 bits per heavy atom. The predicted molar refractivity (Wildman–Crippen MR) is 80.0 cm³/mol. The van der Waals surface area contributed by atoms with Gasteiger partial charge in [0.2, 0.25) is 0 Å². The molecule has 0 saturated heterocycles. The van der Waals surface area contributed by atoms with Gasteiger partial charge in [0.25, 0.3) is 0 Å². The van der Waals surface area contributed by atoms with Crippen molar-refractivity contribution in [1.82, 2.24) is 10.2 Å². The average molecular weight is 262 g/mol. The molecule has 19 heavy (non-hydrogen) atoms. The fourth-order valence-corrected chi connectivity index (χ4v) is 2.55. The highest BCUT2D eigenvalue weighted by atomic mass is 16.5. The van der Waals surface area contributed by atoms with Gasteiger partial charge in [-0.25, -0.2) is 0 Å². The predicted octanol–water partition coefficient (Wildman–Crippen LogP) is 2.09. The molecule has 3 nitrogen and oxygen atoms in total. The van der Waals surface area contributed by atoms with Crippen LogP contribution in [0.2, 0.25) is 0 Å². The zero-order valence-corrected chi connectivity index (χ0v) is 12.6. The summed E-state index contributed by atoms with van der Waals surface area (Å²) in [4.78, 5) is 2.26. The van der Waals surface area contributed by atoms with E-state index in [4.69, 9.17) is 4.74 Å². The zero-order valence-electron chi connectivity index (χ0n) is 12.6. The summed E-state index contributed by atoms with van der Waals surface area (Å²) in [7, 11) is 6.00. The summed E-state index contributed by atoms with van der Waals surface area (Å²) in [6, 6.07) is 7.65. The minimum atomic E-state index is 0.576. The van der Waals surface area contributed by atoms with Gasteiger partial charge >= 0.3 is 0 Å². The molecular formula is C16H26N2O. The van der Waals surface area contributed by atoms with Crippen molar-refractivity contribution in [2.75, 3.05) is 27.7 Å². The highest BCUT2D eigenvalue weighted by Gasteiger charge is 2.19. The first kappa shape index (κ1) is 14.4. The summed E-state index contributed by atoms with van der Waals surface area (Å²) in [6.45, 7) is 3.31. The summed E-state index contributed by atoms with van der Waals surface area (Å²) >= 11 is 0. The van der Waals surface area contributed by atoms with Gasteiger partial charge in [0.15, 0.2) is 0 Å². The van der Waals surface area contributed by atoms with Gasteiger partial charge in [-0.05, 0) is 63.5 Å². The lowest BCUT2D eigenvalue weighted by Gasteiger charge is -2.28. The molecule has 0 saturated carbocycles. The fourth-order valence-electron chi connectivity index (χ4n) is 2.55. The molecule has 1 aliphatic rings. The summed E-state index contributed by atoms with van der Waals surface area (Å²) in [6.07, 6.45) is 3.53. The Bertz CT molecular complexity index is 417. The van der Waals surface area contributed by atoms with Gasteiger partial charge in [0.05, 0.1) is 7.11 Å². The standard InChI is InChI=1S/C16H26N2O/c1-12(18(2)3)11-17-15-7-5-13-6-8-16(19-4)10-14(13)9-15/h6,8,10,12,15,17H,5,7,9,11H2,1-4H3. The number of nitrogens with zero attached hydrogens (tertiary/aromatic N) is 1. The maximum absolute atomic E-state index is 5.32. The van der Waals surface area contributed by atoms with Crippen LogP contribution in [-0.4, -0.2) is 44.7 Å². The molecule has 1 N–H and O–H groups in total. The molecule has 106 valence electrons. The second kappa shape index (κ2) is 6.40. The van der Waals surface area contributed by atoms with Crippen molar-refractivity contribution < 1.29 is 4.74 Å². The lowest BCUT2D eigenvalue weighted by Crippen LogP contribution is -2.42. The number of aryl methyl sites for hydroxylation is 1. The smallest absolute Gasteiger partial charge is 0.119 e. The molecule has 0 bridgehead atoms. The van der Waals surface area contributed by atoms with Crippen molar-refractivity contribution in [2.45, 2.75) is 38.3 Å². The quantitative estimate of drug-likeness (QED) is 0.879.